The Morgan fingerprint density at radius 1 is 1.33 bits per heavy atom. The Bertz CT molecular complexity index is 655. The van der Waals surface area contributed by atoms with E-state index in [0.29, 0.717) is 12.2 Å². The van der Waals surface area contributed by atoms with Crippen molar-refractivity contribution in [3.05, 3.63) is 35.3 Å². The highest BCUT2D eigenvalue weighted by Gasteiger charge is 2.20. The molecule has 0 amide bonds. The van der Waals surface area contributed by atoms with Crippen molar-refractivity contribution in [1.29, 1.82) is 0 Å². The SMILES string of the molecule is Cc1ccn2c(C[NH+]3CCCCCC3)c(C(=O)[O-])nc2c1. The summed E-state index contributed by atoms with van der Waals surface area (Å²) in [6, 6.07) is 3.89. The number of aromatic carboxylic acids is 1. The third-order valence-electron chi connectivity index (χ3n) is 4.30. The van der Waals surface area contributed by atoms with Crippen molar-refractivity contribution in [2.75, 3.05) is 13.1 Å². The highest BCUT2D eigenvalue weighted by molar-refractivity contribution is 5.86. The Hall–Kier alpha value is -1.88. The van der Waals surface area contributed by atoms with Crippen molar-refractivity contribution in [2.24, 2.45) is 0 Å². The van der Waals surface area contributed by atoms with Crippen molar-refractivity contribution in [3.8, 4) is 0 Å². The number of carbonyl (C=O) groups is 1. The van der Waals surface area contributed by atoms with Gasteiger partial charge in [-0.1, -0.05) is 0 Å². The van der Waals surface area contributed by atoms with E-state index >= 15 is 0 Å². The van der Waals surface area contributed by atoms with Crippen LogP contribution < -0.4 is 10.0 Å². The number of imidazole rings is 1. The fourth-order valence-corrected chi connectivity index (χ4v) is 3.17. The molecule has 3 rings (SSSR count). The number of carboxylic acid groups (broad SMARTS) is 1. The van der Waals surface area contributed by atoms with Gasteiger partial charge in [0.15, 0.2) is 0 Å². The van der Waals surface area contributed by atoms with E-state index in [1.807, 2.05) is 29.7 Å². The molecule has 0 aliphatic carbocycles. The van der Waals surface area contributed by atoms with Crippen LogP contribution in [0.25, 0.3) is 5.65 Å². The van der Waals surface area contributed by atoms with E-state index in [9.17, 15) is 9.90 Å². The summed E-state index contributed by atoms with van der Waals surface area (Å²) < 4.78 is 1.90. The molecular weight excluding hydrogens is 266 g/mol. The van der Waals surface area contributed by atoms with E-state index in [2.05, 4.69) is 4.98 Å². The summed E-state index contributed by atoms with van der Waals surface area (Å²) in [7, 11) is 0. The van der Waals surface area contributed by atoms with Crippen LogP contribution in [0.2, 0.25) is 0 Å². The molecule has 1 N–H and O–H groups in total. The van der Waals surface area contributed by atoms with Gasteiger partial charge in [0.1, 0.15) is 23.6 Å². The van der Waals surface area contributed by atoms with Gasteiger partial charge in [0.25, 0.3) is 0 Å². The molecule has 2 aromatic rings. The summed E-state index contributed by atoms with van der Waals surface area (Å²) in [4.78, 5) is 17.1. The maximum atomic E-state index is 11.4. The number of quaternary nitrogens is 1. The molecule has 2 aromatic heterocycles. The topological polar surface area (TPSA) is 61.9 Å². The van der Waals surface area contributed by atoms with E-state index in [-0.39, 0.29) is 5.69 Å². The van der Waals surface area contributed by atoms with Gasteiger partial charge in [-0.25, -0.2) is 4.98 Å². The Morgan fingerprint density at radius 2 is 2.05 bits per heavy atom. The molecule has 5 heteroatoms. The van der Waals surface area contributed by atoms with Gasteiger partial charge in [-0.2, -0.15) is 0 Å². The molecule has 0 bridgehead atoms. The predicted octanol–water partition coefficient (Wildman–Crippen LogP) is -0.0349. The van der Waals surface area contributed by atoms with Crippen LogP contribution in [0.15, 0.2) is 18.3 Å². The normalized spacial score (nSPS) is 17.0. The van der Waals surface area contributed by atoms with Crippen LogP contribution in [0, 0.1) is 6.92 Å². The van der Waals surface area contributed by atoms with Crippen LogP contribution in [0.4, 0.5) is 0 Å². The number of carbonyl (C=O) groups excluding carboxylic acids is 1. The lowest BCUT2D eigenvalue weighted by molar-refractivity contribution is -0.913. The molecule has 0 unspecified atom stereocenters. The first-order valence-corrected chi connectivity index (χ1v) is 7.67. The summed E-state index contributed by atoms with van der Waals surface area (Å²) in [5.74, 6) is -1.18. The summed E-state index contributed by atoms with van der Waals surface area (Å²) >= 11 is 0. The zero-order valence-corrected chi connectivity index (χ0v) is 12.4. The van der Waals surface area contributed by atoms with Crippen molar-refractivity contribution in [1.82, 2.24) is 9.38 Å². The zero-order chi connectivity index (χ0) is 14.8. The average Bonchev–Trinajstić information content (AvgIpc) is 2.62. The maximum absolute atomic E-state index is 11.4. The first-order valence-electron chi connectivity index (χ1n) is 7.67. The third-order valence-corrected chi connectivity index (χ3v) is 4.30. The first-order chi connectivity index (χ1) is 10.1. The molecule has 3 heterocycles. The number of nitrogens with zero attached hydrogens (tertiary/aromatic N) is 2. The van der Waals surface area contributed by atoms with Crippen LogP contribution in [0.1, 0.15) is 47.4 Å². The third kappa shape index (κ3) is 2.93. The number of likely N-dealkylation sites (tertiary alicyclic amines) is 1. The molecule has 0 atom stereocenters. The molecule has 0 radical (unpaired) electrons. The monoisotopic (exact) mass is 287 g/mol. The lowest BCUT2D eigenvalue weighted by atomic mass is 10.2. The van der Waals surface area contributed by atoms with Gasteiger partial charge in [-0.15, -0.1) is 0 Å². The largest absolute Gasteiger partial charge is 0.543 e. The van der Waals surface area contributed by atoms with Crippen LogP contribution >= 0.6 is 0 Å². The molecular formula is C16H21N3O2. The van der Waals surface area contributed by atoms with Crippen LogP contribution in [-0.4, -0.2) is 28.4 Å². The van der Waals surface area contributed by atoms with Crippen molar-refractivity contribution in [3.63, 3.8) is 0 Å². The molecule has 0 spiro atoms. The summed E-state index contributed by atoms with van der Waals surface area (Å²) in [5, 5.41) is 11.4. The second-order valence-corrected chi connectivity index (χ2v) is 5.97. The molecule has 5 nitrogen and oxygen atoms in total. The Morgan fingerprint density at radius 3 is 2.71 bits per heavy atom. The van der Waals surface area contributed by atoms with Gasteiger partial charge in [0.05, 0.1) is 19.1 Å². The molecule has 1 fully saturated rings. The number of aromatic nitrogens is 2. The van der Waals surface area contributed by atoms with E-state index in [1.165, 1.54) is 30.6 Å². The number of pyridine rings is 1. The van der Waals surface area contributed by atoms with Gasteiger partial charge >= 0.3 is 0 Å². The van der Waals surface area contributed by atoms with Gasteiger partial charge < -0.3 is 14.8 Å². The predicted molar refractivity (Wildman–Crippen MR) is 77.1 cm³/mol. The number of nitrogens with one attached hydrogen (secondary N) is 1. The highest BCUT2D eigenvalue weighted by Crippen LogP contribution is 2.13. The molecule has 21 heavy (non-hydrogen) atoms. The number of hydrogen-bond acceptors (Lipinski definition) is 3. The fourth-order valence-electron chi connectivity index (χ4n) is 3.17. The molecule has 0 aromatic carbocycles. The van der Waals surface area contributed by atoms with Gasteiger partial charge in [-0.3, -0.25) is 4.40 Å². The maximum Gasteiger partial charge on any atom is 0.138 e. The van der Waals surface area contributed by atoms with E-state index in [1.54, 1.807) is 0 Å². The van der Waals surface area contributed by atoms with Crippen molar-refractivity contribution in [2.45, 2.75) is 39.2 Å². The Kier molecular flexibility index (Phi) is 3.92. The Labute approximate surface area is 124 Å². The van der Waals surface area contributed by atoms with Gasteiger partial charge in [0.2, 0.25) is 0 Å². The quantitative estimate of drug-likeness (QED) is 0.862. The summed E-state index contributed by atoms with van der Waals surface area (Å²) in [6.07, 6.45) is 6.90. The van der Waals surface area contributed by atoms with Crippen molar-refractivity contribution < 1.29 is 14.8 Å². The minimum atomic E-state index is -1.18. The number of rotatable bonds is 3. The molecule has 1 aliphatic rings. The lowest BCUT2D eigenvalue weighted by Gasteiger charge is -2.17. The first kappa shape index (κ1) is 14.1. The minimum Gasteiger partial charge on any atom is -0.543 e. The number of carboxylic acids is 1. The van der Waals surface area contributed by atoms with Gasteiger partial charge in [-0.05, 0) is 50.3 Å². The number of hydrogen-bond donors (Lipinski definition) is 1. The van der Waals surface area contributed by atoms with Crippen LogP contribution in [0.5, 0.6) is 0 Å². The molecule has 1 saturated heterocycles. The lowest BCUT2D eigenvalue weighted by Crippen LogP contribution is -3.10. The molecule has 1 aliphatic heterocycles. The van der Waals surface area contributed by atoms with Crippen LogP contribution in [-0.2, 0) is 6.54 Å². The number of aryl methyl sites for hydroxylation is 1. The number of fused-ring (bicyclic) bond motifs is 1. The van der Waals surface area contributed by atoms with Crippen LogP contribution in [0.3, 0.4) is 0 Å². The van der Waals surface area contributed by atoms with E-state index in [0.717, 1.165) is 24.3 Å². The zero-order valence-electron chi connectivity index (χ0n) is 12.4. The smallest absolute Gasteiger partial charge is 0.138 e. The summed E-state index contributed by atoms with van der Waals surface area (Å²) in [6.45, 7) is 4.89. The highest BCUT2D eigenvalue weighted by atomic mass is 16.4. The Balaban J connectivity index is 1.98. The molecule has 112 valence electrons. The fraction of sp³-hybridized carbons (Fsp3) is 0.500. The standard InChI is InChI=1S/C16H21N3O2/c1-12-6-9-19-13(11-18-7-4-2-3-5-8-18)15(16(20)21)17-14(19)10-12/h6,9-10H,2-5,7-8,11H2,1H3,(H,20,21). The second kappa shape index (κ2) is 5.85. The van der Waals surface area contributed by atoms with E-state index < -0.39 is 5.97 Å². The minimum absolute atomic E-state index is 0.0948. The van der Waals surface area contributed by atoms with E-state index in [4.69, 9.17) is 0 Å². The van der Waals surface area contributed by atoms with Gasteiger partial charge in [0, 0.05) is 6.20 Å². The average molecular weight is 287 g/mol. The molecule has 0 saturated carbocycles. The van der Waals surface area contributed by atoms with Crippen molar-refractivity contribution >= 4 is 11.6 Å². The summed E-state index contributed by atoms with van der Waals surface area (Å²) in [5.41, 5.74) is 2.63. The second-order valence-electron chi connectivity index (χ2n) is 5.97.